The molecule has 0 spiro atoms. The van der Waals surface area contributed by atoms with Crippen LogP contribution in [-0.4, -0.2) is 31.1 Å². The first-order valence-electron chi connectivity index (χ1n) is 8.77. The van der Waals surface area contributed by atoms with Crippen LogP contribution in [0.4, 0.5) is 0 Å². The summed E-state index contributed by atoms with van der Waals surface area (Å²) in [6.45, 7) is 8.11. The molecule has 138 valence electrons. The summed E-state index contributed by atoms with van der Waals surface area (Å²) in [4.78, 5) is 35.9. The lowest BCUT2D eigenvalue weighted by atomic mass is 10.0. The van der Waals surface area contributed by atoms with Crippen molar-refractivity contribution in [3.8, 4) is 0 Å². The quantitative estimate of drug-likeness (QED) is 0.177. The maximum atomic E-state index is 12.1. The van der Waals surface area contributed by atoms with Crippen LogP contribution in [0, 0.1) is 5.92 Å². The van der Waals surface area contributed by atoms with Crippen molar-refractivity contribution in [2.75, 3.05) is 13.2 Å². The van der Waals surface area contributed by atoms with Gasteiger partial charge in [0.25, 0.3) is 0 Å². The van der Waals surface area contributed by atoms with Gasteiger partial charge < -0.3 is 14.2 Å². The van der Waals surface area contributed by atoms with E-state index in [-0.39, 0.29) is 19.1 Å². The Morgan fingerprint density at radius 3 is 1.92 bits per heavy atom. The highest BCUT2D eigenvalue weighted by molar-refractivity contribution is 5.96. The second kappa shape index (κ2) is 13.6. The van der Waals surface area contributed by atoms with Gasteiger partial charge in [0.2, 0.25) is 5.76 Å². The molecule has 0 aromatic carbocycles. The minimum atomic E-state index is -0.824. The average Bonchev–Trinajstić information content (AvgIpc) is 2.55. The van der Waals surface area contributed by atoms with Crippen LogP contribution in [0.1, 0.15) is 66.2 Å². The van der Waals surface area contributed by atoms with E-state index in [1.165, 1.54) is 0 Å². The summed E-state index contributed by atoms with van der Waals surface area (Å²) in [7, 11) is 0. The molecule has 0 saturated heterocycles. The molecule has 0 amide bonds. The molecule has 0 bridgehead atoms. The van der Waals surface area contributed by atoms with Crippen LogP contribution in [0.15, 0.2) is 11.8 Å². The summed E-state index contributed by atoms with van der Waals surface area (Å²) >= 11 is 0. The Morgan fingerprint density at radius 2 is 1.42 bits per heavy atom. The van der Waals surface area contributed by atoms with Crippen molar-refractivity contribution in [2.45, 2.75) is 66.2 Å². The third kappa shape index (κ3) is 9.33. The molecule has 0 heterocycles. The lowest BCUT2D eigenvalue weighted by molar-refractivity contribution is -0.154. The molecule has 0 radical (unpaired) electrons. The molecule has 0 unspecified atom stereocenters. The van der Waals surface area contributed by atoms with Crippen molar-refractivity contribution in [3.63, 3.8) is 0 Å². The Morgan fingerprint density at radius 1 is 0.875 bits per heavy atom. The summed E-state index contributed by atoms with van der Waals surface area (Å²) in [5.74, 6) is -2.82. The van der Waals surface area contributed by atoms with Gasteiger partial charge in [-0.15, -0.1) is 0 Å². The van der Waals surface area contributed by atoms with E-state index in [1.54, 1.807) is 0 Å². The Balaban J connectivity index is 4.96. The average molecular weight is 342 g/mol. The summed E-state index contributed by atoms with van der Waals surface area (Å²) in [6.07, 6.45) is 5.24. The summed E-state index contributed by atoms with van der Waals surface area (Å²) < 4.78 is 15.1. The van der Waals surface area contributed by atoms with Gasteiger partial charge in [0.1, 0.15) is 0 Å². The molecule has 0 aromatic rings. The molecule has 0 aliphatic rings. The number of unbranched alkanes of at least 4 members (excludes halogenated alkanes) is 2. The molecule has 24 heavy (non-hydrogen) atoms. The lowest BCUT2D eigenvalue weighted by Crippen LogP contribution is -2.22. The van der Waals surface area contributed by atoms with Gasteiger partial charge >= 0.3 is 17.9 Å². The Labute approximate surface area is 144 Å². The second-order valence-electron chi connectivity index (χ2n) is 5.45. The standard InChI is InChI=1S/C18H30O6/c1-5-9-11-22-16(19)13-15(18(21)23-12-10-6-2)24-17(20)14(7-3)8-4/h13-14H,5-12H2,1-4H3/b15-13-. The summed E-state index contributed by atoms with van der Waals surface area (Å²) in [5, 5.41) is 0. The normalized spacial score (nSPS) is 11.3. The first-order valence-corrected chi connectivity index (χ1v) is 8.77. The van der Waals surface area contributed by atoms with Crippen molar-refractivity contribution in [1.82, 2.24) is 0 Å². The Hall–Kier alpha value is -1.85. The van der Waals surface area contributed by atoms with E-state index in [0.717, 1.165) is 25.3 Å². The number of ether oxygens (including phenoxy) is 3. The van der Waals surface area contributed by atoms with Gasteiger partial charge in [-0.05, 0) is 25.7 Å². The van der Waals surface area contributed by atoms with E-state index in [4.69, 9.17) is 14.2 Å². The number of hydrogen-bond acceptors (Lipinski definition) is 6. The van der Waals surface area contributed by atoms with Crippen LogP contribution in [0.5, 0.6) is 0 Å². The fourth-order valence-corrected chi connectivity index (χ4v) is 1.79. The molecule has 6 nitrogen and oxygen atoms in total. The van der Waals surface area contributed by atoms with Crippen molar-refractivity contribution >= 4 is 17.9 Å². The lowest BCUT2D eigenvalue weighted by Gasteiger charge is -2.13. The summed E-state index contributed by atoms with van der Waals surface area (Å²) in [6, 6.07) is 0. The third-order valence-electron chi connectivity index (χ3n) is 3.45. The smallest absolute Gasteiger partial charge is 0.374 e. The zero-order valence-electron chi connectivity index (χ0n) is 15.3. The molecule has 0 aromatic heterocycles. The first kappa shape index (κ1) is 22.1. The predicted molar refractivity (Wildman–Crippen MR) is 90.0 cm³/mol. The molecular weight excluding hydrogens is 312 g/mol. The van der Waals surface area contributed by atoms with Crippen LogP contribution < -0.4 is 0 Å². The van der Waals surface area contributed by atoms with Gasteiger partial charge in [0, 0.05) is 0 Å². The van der Waals surface area contributed by atoms with E-state index >= 15 is 0 Å². The predicted octanol–water partition coefficient (Wildman–Crippen LogP) is 3.54. The maximum Gasteiger partial charge on any atom is 0.374 e. The van der Waals surface area contributed by atoms with Gasteiger partial charge in [0.05, 0.1) is 25.2 Å². The highest BCUT2D eigenvalue weighted by Gasteiger charge is 2.23. The fourth-order valence-electron chi connectivity index (χ4n) is 1.79. The molecule has 6 heteroatoms. The van der Waals surface area contributed by atoms with Crippen LogP contribution in [-0.2, 0) is 28.6 Å². The van der Waals surface area contributed by atoms with Gasteiger partial charge in [-0.2, -0.15) is 0 Å². The highest BCUT2D eigenvalue weighted by atomic mass is 16.6. The van der Waals surface area contributed by atoms with Gasteiger partial charge in [-0.1, -0.05) is 40.5 Å². The van der Waals surface area contributed by atoms with E-state index in [1.807, 2.05) is 27.7 Å². The zero-order valence-corrected chi connectivity index (χ0v) is 15.3. The van der Waals surface area contributed by atoms with Gasteiger partial charge in [-0.25, -0.2) is 9.59 Å². The highest BCUT2D eigenvalue weighted by Crippen LogP contribution is 2.14. The fraction of sp³-hybridized carbons (Fsp3) is 0.722. The number of esters is 3. The topological polar surface area (TPSA) is 78.9 Å². The second-order valence-corrected chi connectivity index (χ2v) is 5.45. The third-order valence-corrected chi connectivity index (χ3v) is 3.45. The SMILES string of the molecule is CCCCOC(=O)/C=C(\OC(=O)C(CC)CC)C(=O)OCCCC. The Bertz CT molecular complexity index is 423. The van der Waals surface area contributed by atoms with Crippen molar-refractivity contribution in [2.24, 2.45) is 5.92 Å². The van der Waals surface area contributed by atoms with Crippen LogP contribution in [0.2, 0.25) is 0 Å². The first-order chi connectivity index (χ1) is 11.5. The van der Waals surface area contributed by atoms with E-state index < -0.39 is 23.7 Å². The molecule has 0 N–H and O–H groups in total. The number of carbonyl (C=O) groups is 3. The minimum Gasteiger partial charge on any atom is -0.462 e. The molecular formula is C18H30O6. The zero-order chi connectivity index (χ0) is 18.4. The largest absolute Gasteiger partial charge is 0.462 e. The number of carbonyl (C=O) groups excluding carboxylic acids is 3. The van der Waals surface area contributed by atoms with E-state index in [9.17, 15) is 14.4 Å². The molecule has 0 aliphatic carbocycles. The molecule has 0 aliphatic heterocycles. The van der Waals surface area contributed by atoms with Crippen LogP contribution in [0.25, 0.3) is 0 Å². The maximum absolute atomic E-state index is 12.1. The van der Waals surface area contributed by atoms with E-state index in [2.05, 4.69) is 0 Å². The Kier molecular flexibility index (Phi) is 12.5. The minimum absolute atomic E-state index is 0.208. The molecule has 0 fully saturated rings. The van der Waals surface area contributed by atoms with Crippen LogP contribution in [0.3, 0.4) is 0 Å². The van der Waals surface area contributed by atoms with Gasteiger partial charge in [0.15, 0.2) is 0 Å². The van der Waals surface area contributed by atoms with Gasteiger partial charge in [-0.3, -0.25) is 4.79 Å². The molecule has 0 rings (SSSR count). The number of rotatable bonds is 12. The van der Waals surface area contributed by atoms with Crippen molar-refractivity contribution < 1.29 is 28.6 Å². The summed E-state index contributed by atoms with van der Waals surface area (Å²) in [5.41, 5.74) is 0. The monoisotopic (exact) mass is 342 g/mol. The molecule has 0 atom stereocenters. The molecule has 0 saturated carbocycles. The van der Waals surface area contributed by atoms with E-state index in [0.29, 0.717) is 19.3 Å². The van der Waals surface area contributed by atoms with Crippen LogP contribution >= 0.6 is 0 Å². The van der Waals surface area contributed by atoms with Crippen molar-refractivity contribution in [3.05, 3.63) is 11.8 Å². The van der Waals surface area contributed by atoms with Crippen molar-refractivity contribution in [1.29, 1.82) is 0 Å². The number of hydrogen-bond donors (Lipinski definition) is 0.